The normalized spacial score (nSPS) is 20.0. The van der Waals surface area contributed by atoms with Crippen LogP contribution in [0.25, 0.3) is 0 Å². The number of thiophene rings is 1. The summed E-state index contributed by atoms with van der Waals surface area (Å²) in [6.45, 7) is 7.26. The summed E-state index contributed by atoms with van der Waals surface area (Å²) in [4.78, 5) is 6.56. The molecule has 2 aliphatic rings. The van der Waals surface area contributed by atoms with Crippen molar-refractivity contribution in [2.75, 3.05) is 26.2 Å². The summed E-state index contributed by atoms with van der Waals surface area (Å²) in [5, 5.41) is 15.1. The molecular weight excluding hydrogens is 392 g/mol. The lowest BCUT2D eigenvalue weighted by atomic mass is 10.0. The number of hydrogen-bond acceptors (Lipinski definition) is 6. The van der Waals surface area contributed by atoms with Crippen molar-refractivity contribution in [3.63, 3.8) is 0 Å². The van der Waals surface area contributed by atoms with Crippen molar-refractivity contribution in [3.05, 3.63) is 63.6 Å². The molecule has 158 valence electrons. The Labute approximate surface area is 182 Å². The van der Waals surface area contributed by atoms with Gasteiger partial charge in [-0.3, -0.25) is 9.80 Å². The number of benzene rings is 1. The Morgan fingerprint density at radius 2 is 1.80 bits per heavy atom. The number of nitrogens with zero attached hydrogens (tertiary/aromatic N) is 6. The summed E-state index contributed by atoms with van der Waals surface area (Å²) >= 11 is 1.75. The van der Waals surface area contributed by atoms with Crippen molar-refractivity contribution in [2.45, 2.75) is 51.2 Å². The smallest absolute Gasteiger partial charge is 0.173 e. The Bertz CT molecular complexity index is 921. The molecule has 7 heteroatoms. The average Bonchev–Trinajstić information content (AvgIpc) is 3.54. The predicted molar refractivity (Wildman–Crippen MR) is 120 cm³/mol. The van der Waals surface area contributed by atoms with E-state index in [1.54, 1.807) is 11.3 Å². The minimum absolute atomic E-state index is 0.0892. The first kappa shape index (κ1) is 19.8. The molecule has 2 aromatic heterocycles. The third kappa shape index (κ3) is 4.19. The lowest BCUT2D eigenvalue weighted by Gasteiger charge is -2.41. The molecule has 0 unspecified atom stereocenters. The quantitative estimate of drug-likeness (QED) is 0.606. The molecule has 2 fully saturated rings. The van der Waals surface area contributed by atoms with E-state index in [-0.39, 0.29) is 6.04 Å². The number of aromatic nitrogens is 4. The molecule has 1 atom stereocenters. The number of hydrogen-bond donors (Lipinski definition) is 0. The Morgan fingerprint density at radius 3 is 2.50 bits per heavy atom. The van der Waals surface area contributed by atoms with Crippen LogP contribution >= 0.6 is 11.3 Å². The summed E-state index contributed by atoms with van der Waals surface area (Å²) in [5.74, 6) is 0.946. The van der Waals surface area contributed by atoms with Crippen molar-refractivity contribution in [2.24, 2.45) is 0 Å². The molecule has 0 N–H and O–H groups in total. The van der Waals surface area contributed by atoms with Crippen LogP contribution in [0.5, 0.6) is 0 Å². The highest BCUT2D eigenvalue weighted by molar-refractivity contribution is 7.09. The first-order valence-corrected chi connectivity index (χ1v) is 12.0. The van der Waals surface area contributed by atoms with Gasteiger partial charge in [0.05, 0.1) is 12.6 Å². The maximum atomic E-state index is 4.52. The maximum Gasteiger partial charge on any atom is 0.173 e. The first-order chi connectivity index (χ1) is 14.8. The molecule has 30 heavy (non-hydrogen) atoms. The van der Waals surface area contributed by atoms with Gasteiger partial charge in [-0.2, -0.15) is 0 Å². The second-order valence-electron chi connectivity index (χ2n) is 8.60. The number of piperazine rings is 1. The monoisotopic (exact) mass is 422 g/mol. The Hall–Kier alpha value is -2.09. The zero-order valence-corrected chi connectivity index (χ0v) is 18.5. The van der Waals surface area contributed by atoms with Crippen LogP contribution < -0.4 is 0 Å². The van der Waals surface area contributed by atoms with Crippen molar-refractivity contribution >= 4 is 11.3 Å². The Kier molecular flexibility index (Phi) is 5.93. The van der Waals surface area contributed by atoms with Crippen LogP contribution in [0.15, 0.2) is 41.8 Å². The highest BCUT2D eigenvalue weighted by Gasteiger charge is 2.33. The fourth-order valence-corrected chi connectivity index (χ4v) is 5.66. The van der Waals surface area contributed by atoms with E-state index in [9.17, 15) is 0 Å². The van der Waals surface area contributed by atoms with Crippen LogP contribution in [-0.4, -0.2) is 62.2 Å². The topological polar surface area (TPSA) is 50.1 Å². The van der Waals surface area contributed by atoms with Crippen molar-refractivity contribution < 1.29 is 0 Å². The maximum absolute atomic E-state index is 4.52. The molecule has 6 nitrogen and oxygen atoms in total. The third-order valence-electron chi connectivity index (χ3n) is 6.64. The molecule has 0 bridgehead atoms. The van der Waals surface area contributed by atoms with Crippen molar-refractivity contribution in [3.8, 4) is 0 Å². The van der Waals surface area contributed by atoms with Crippen LogP contribution in [0.1, 0.15) is 53.6 Å². The summed E-state index contributed by atoms with van der Waals surface area (Å²) in [6.07, 6.45) is 5.55. The predicted octanol–water partition coefficient (Wildman–Crippen LogP) is 3.74. The van der Waals surface area contributed by atoms with Crippen molar-refractivity contribution in [1.29, 1.82) is 0 Å². The molecule has 1 saturated carbocycles. The highest BCUT2D eigenvalue weighted by atomic mass is 32.1. The van der Waals surface area contributed by atoms with E-state index in [1.165, 1.54) is 41.7 Å². The van der Waals surface area contributed by atoms with Gasteiger partial charge in [0.15, 0.2) is 5.82 Å². The van der Waals surface area contributed by atoms with Gasteiger partial charge in [-0.05, 0) is 47.2 Å². The summed E-state index contributed by atoms with van der Waals surface area (Å²) in [6, 6.07) is 14.0. The number of rotatable bonds is 6. The van der Waals surface area contributed by atoms with Crippen LogP contribution in [0.3, 0.4) is 0 Å². The SMILES string of the molecule is Cc1ccc([C@@H](c2nnnn2Cc2cccs2)N2CCN(C3CCCC3)CC2)cc1. The third-order valence-corrected chi connectivity index (χ3v) is 7.50. The number of aryl methyl sites for hydroxylation is 1. The fraction of sp³-hybridized carbons (Fsp3) is 0.522. The molecule has 5 rings (SSSR count). The zero-order chi connectivity index (χ0) is 20.3. The Morgan fingerprint density at radius 1 is 1.03 bits per heavy atom. The second kappa shape index (κ2) is 8.96. The molecule has 1 saturated heterocycles. The van der Waals surface area contributed by atoms with Gasteiger partial charge in [0.2, 0.25) is 0 Å². The van der Waals surface area contributed by atoms with E-state index in [1.807, 2.05) is 4.68 Å². The summed E-state index contributed by atoms with van der Waals surface area (Å²) < 4.78 is 1.99. The van der Waals surface area contributed by atoms with E-state index in [0.717, 1.165) is 44.6 Å². The minimum atomic E-state index is 0.0892. The van der Waals surface area contributed by atoms with Gasteiger partial charge < -0.3 is 0 Å². The van der Waals surface area contributed by atoms with Gasteiger partial charge in [-0.15, -0.1) is 16.4 Å². The van der Waals surface area contributed by atoms with Crippen LogP contribution in [0, 0.1) is 6.92 Å². The van der Waals surface area contributed by atoms with Crippen LogP contribution in [0.2, 0.25) is 0 Å². The van der Waals surface area contributed by atoms with Gasteiger partial charge in [-0.1, -0.05) is 48.7 Å². The standard InChI is InChI=1S/C23H30N6S/c1-18-8-10-19(11-9-18)22(23-24-25-26-29(23)17-21-7-4-16-30-21)28-14-12-27(13-15-28)20-5-2-3-6-20/h4,7-11,16,20,22H,2-3,5-6,12-15,17H2,1H3/t22-/m0/s1. The van der Waals surface area contributed by atoms with E-state index >= 15 is 0 Å². The molecular formula is C23H30N6S. The molecule has 0 radical (unpaired) electrons. The fourth-order valence-electron chi connectivity index (χ4n) is 4.97. The summed E-state index contributed by atoms with van der Waals surface area (Å²) in [5.41, 5.74) is 2.55. The van der Waals surface area contributed by atoms with Gasteiger partial charge in [0, 0.05) is 37.1 Å². The lowest BCUT2D eigenvalue weighted by Crippen LogP contribution is -2.51. The minimum Gasteiger partial charge on any atom is -0.298 e. The molecule has 1 aromatic carbocycles. The zero-order valence-electron chi connectivity index (χ0n) is 17.7. The molecule has 0 amide bonds. The largest absolute Gasteiger partial charge is 0.298 e. The Balaban J connectivity index is 1.41. The average molecular weight is 423 g/mol. The molecule has 0 spiro atoms. The van der Waals surface area contributed by atoms with E-state index in [4.69, 9.17) is 0 Å². The molecule has 1 aliphatic heterocycles. The lowest BCUT2D eigenvalue weighted by molar-refractivity contribution is 0.0771. The molecule has 3 aromatic rings. The van der Waals surface area contributed by atoms with E-state index in [0.29, 0.717) is 0 Å². The van der Waals surface area contributed by atoms with E-state index in [2.05, 4.69) is 74.0 Å². The highest BCUT2D eigenvalue weighted by Crippen LogP contribution is 2.31. The molecule has 3 heterocycles. The number of tetrazole rings is 1. The van der Waals surface area contributed by atoms with Gasteiger partial charge in [0.25, 0.3) is 0 Å². The van der Waals surface area contributed by atoms with E-state index < -0.39 is 0 Å². The first-order valence-electron chi connectivity index (χ1n) is 11.1. The van der Waals surface area contributed by atoms with Crippen LogP contribution in [-0.2, 0) is 6.54 Å². The van der Waals surface area contributed by atoms with Crippen LogP contribution in [0.4, 0.5) is 0 Å². The van der Waals surface area contributed by atoms with Gasteiger partial charge in [0.1, 0.15) is 0 Å². The van der Waals surface area contributed by atoms with Gasteiger partial charge in [-0.25, -0.2) is 4.68 Å². The van der Waals surface area contributed by atoms with Gasteiger partial charge >= 0.3 is 0 Å². The van der Waals surface area contributed by atoms with Crippen molar-refractivity contribution in [1.82, 2.24) is 30.0 Å². The second-order valence-corrected chi connectivity index (χ2v) is 9.63. The molecule has 1 aliphatic carbocycles. The summed E-state index contributed by atoms with van der Waals surface area (Å²) in [7, 11) is 0.